The molecule has 0 aliphatic rings. The molecule has 1 aromatic rings. The highest BCUT2D eigenvalue weighted by Crippen LogP contribution is 2.32. The van der Waals surface area contributed by atoms with Crippen molar-refractivity contribution in [3.63, 3.8) is 0 Å². The standard InChI is InChI=1S/C7H3F4IN2O3/c8-2-3-1-4(14(15)16)13-6(12)5(3)17-7(9,10)11/h1H,2H2. The highest BCUT2D eigenvalue weighted by atomic mass is 127. The van der Waals surface area contributed by atoms with Gasteiger partial charge in [-0.3, -0.25) is 0 Å². The van der Waals surface area contributed by atoms with Gasteiger partial charge in [0.15, 0.2) is 5.75 Å². The number of nitro groups is 1. The zero-order chi connectivity index (χ0) is 13.2. The first kappa shape index (κ1) is 13.9. The number of halogens is 5. The van der Waals surface area contributed by atoms with Crippen molar-refractivity contribution in [1.29, 1.82) is 0 Å². The molecule has 94 valence electrons. The molecule has 0 saturated carbocycles. The van der Waals surface area contributed by atoms with Crippen molar-refractivity contribution in [3.05, 3.63) is 25.4 Å². The molecule has 1 rings (SSSR count). The van der Waals surface area contributed by atoms with Crippen molar-refractivity contribution in [1.82, 2.24) is 4.98 Å². The van der Waals surface area contributed by atoms with Gasteiger partial charge in [-0.15, -0.1) is 13.2 Å². The maximum absolute atomic E-state index is 12.5. The van der Waals surface area contributed by atoms with Crippen LogP contribution in [0.3, 0.4) is 0 Å². The van der Waals surface area contributed by atoms with E-state index in [1.165, 1.54) is 22.6 Å². The number of aromatic nitrogens is 1. The zero-order valence-corrected chi connectivity index (χ0v) is 9.95. The summed E-state index contributed by atoms with van der Waals surface area (Å²) in [6.45, 7) is -1.33. The van der Waals surface area contributed by atoms with E-state index in [4.69, 9.17) is 0 Å². The molecule has 0 amide bonds. The van der Waals surface area contributed by atoms with E-state index >= 15 is 0 Å². The van der Waals surface area contributed by atoms with Gasteiger partial charge in [0.1, 0.15) is 6.67 Å². The summed E-state index contributed by atoms with van der Waals surface area (Å²) in [4.78, 5) is 12.7. The molecule has 0 unspecified atom stereocenters. The minimum absolute atomic E-state index is 0.429. The fourth-order valence-electron chi connectivity index (χ4n) is 0.954. The van der Waals surface area contributed by atoms with Crippen molar-refractivity contribution >= 4 is 28.4 Å². The Labute approximate surface area is 105 Å². The molecular weight excluding hydrogens is 363 g/mol. The van der Waals surface area contributed by atoms with Gasteiger partial charge in [0.25, 0.3) is 3.70 Å². The topological polar surface area (TPSA) is 65.3 Å². The second-order valence-corrected chi connectivity index (χ2v) is 3.72. The summed E-state index contributed by atoms with van der Waals surface area (Å²) in [6.07, 6.45) is -5.01. The molecule has 0 bridgehead atoms. The number of hydrogen-bond acceptors (Lipinski definition) is 4. The molecular formula is C7H3F4IN2O3. The fraction of sp³-hybridized carbons (Fsp3) is 0.286. The molecule has 5 nitrogen and oxygen atoms in total. The van der Waals surface area contributed by atoms with Crippen molar-refractivity contribution in [2.24, 2.45) is 0 Å². The lowest BCUT2D eigenvalue weighted by atomic mass is 10.2. The van der Waals surface area contributed by atoms with E-state index in [-0.39, 0.29) is 0 Å². The lowest BCUT2D eigenvalue weighted by Gasteiger charge is -2.11. The van der Waals surface area contributed by atoms with Gasteiger partial charge in [-0.25, -0.2) is 4.39 Å². The smallest absolute Gasteiger partial charge is 0.400 e. The van der Waals surface area contributed by atoms with Gasteiger partial charge in [0.2, 0.25) is 0 Å². The molecule has 1 aromatic heterocycles. The molecule has 0 aliphatic carbocycles. The Hall–Kier alpha value is -1.20. The number of nitrogens with zero attached hydrogens (tertiary/aromatic N) is 2. The van der Waals surface area contributed by atoms with Gasteiger partial charge >= 0.3 is 12.2 Å². The highest BCUT2D eigenvalue weighted by Gasteiger charge is 2.35. The molecule has 0 fully saturated rings. The molecule has 0 radical (unpaired) electrons. The Kier molecular flexibility index (Phi) is 4.06. The zero-order valence-electron chi connectivity index (χ0n) is 7.79. The lowest BCUT2D eigenvalue weighted by molar-refractivity contribution is -0.389. The van der Waals surface area contributed by atoms with Crippen LogP contribution in [0.1, 0.15) is 5.56 Å². The van der Waals surface area contributed by atoms with Crippen LogP contribution in [0.25, 0.3) is 0 Å². The van der Waals surface area contributed by atoms with E-state index in [0.717, 1.165) is 0 Å². The van der Waals surface area contributed by atoms with Gasteiger partial charge in [-0.1, -0.05) is 0 Å². The third-order valence-electron chi connectivity index (χ3n) is 1.54. The van der Waals surface area contributed by atoms with Crippen LogP contribution in [-0.2, 0) is 6.67 Å². The molecule has 0 atom stereocenters. The Morgan fingerprint density at radius 3 is 2.53 bits per heavy atom. The van der Waals surface area contributed by atoms with Crippen LogP contribution >= 0.6 is 22.6 Å². The highest BCUT2D eigenvalue weighted by molar-refractivity contribution is 14.1. The second-order valence-electron chi connectivity index (χ2n) is 2.70. The maximum atomic E-state index is 12.5. The Morgan fingerprint density at radius 1 is 1.53 bits per heavy atom. The molecule has 0 aliphatic heterocycles. The van der Waals surface area contributed by atoms with Gasteiger partial charge in [0, 0.05) is 34.2 Å². The summed E-state index contributed by atoms with van der Waals surface area (Å²) in [5.41, 5.74) is -0.576. The number of pyridine rings is 1. The van der Waals surface area contributed by atoms with Crippen LogP contribution in [0.4, 0.5) is 23.4 Å². The van der Waals surface area contributed by atoms with E-state index < -0.39 is 38.8 Å². The minimum atomic E-state index is -5.01. The Bertz CT molecular complexity index is 451. The second kappa shape index (κ2) is 4.98. The quantitative estimate of drug-likeness (QED) is 0.271. The van der Waals surface area contributed by atoms with E-state index in [9.17, 15) is 27.7 Å². The Morgan fingerprint density at radius 2 is 2.12 bits per heavy atom. The van der Waals surface area contributed by atoms with Crippen LogP contribution in [0.5, 0.6) is 5.75 Å². The first-order chi connectivity index (χ1) is 7.74. The molecule has 0 saturated heterocycles. The van der Waals surface area contributed by atoms with Gasteiger partial charge < -0.3 is 14.9 Å². The van der Waals surface area contributed by atoms with Crippen molar-refractivity contribution in [2.45, 2.75) is 13.0 Å². The van der Waals surface area contributed by atoms with Crippen LogP contribution in [0, 0.1) is 13.8 Å². The van der Waals surface area contributed by atoms with E-state index in [0.29, 0.717) is 6.07 Å². The molecule has 1 heterocycles. The van der Waals surface area contributed by atoms with Gasteiger partial charge in [-0.05, 0) is 9.91 Å². The Balaban J connectivity index is 3.26. The number of hydrogen-bond donors (Lipinski definition) is 0. The van der Waals surface area contributed by atoms with Crippen LogP contribution in [-0.4, -0.2) is 16.3 Å². The van der Waals surface area contributed by atoms with Crippen molar-refractivity contribution in [2.75, 3.05) is 0 Å². The van der Waals surface area contributed by atoms with Crippen LogP contribution in [0.2, 0.25) is 0 Å². The molecule has 17 heavy (non-hydrogen) atoms. The average Bonchev–Trinajstić information content (AvgIpc) is 2.18. The van der Waals surface area contributed by atoms with Crippen molar-refractivity contribution < 1.29 is 27.2 Å². The van der Waals surface area contributed by atoms with Crippen molar-refractivity contribution in [3.8, 4) is 5.75 Å². The molecule has 0 N–H and O–H groups in total. The average molecular weight is 366 g/mol. The van der Waals surface area contributed by atoms with Gasteiger partial charge in [0.05, 0.1) is 0 Å². The molecule has 0 spiro atoms. The predicted octanol–water partition coefficient (Wildman–Crippen LogP) is 2.96. The summed E-state index contributed by atoms with van der Waals surface area (Å²) in [5.74, 6) is -1.59. The number of rotatable bonds is 3. The third-order valence-corrected chi connectivity index (χ3v) is 2.27. The minimum Gasteiger partial charge on any atom is -0.400 e. The summed E-state index contributed by atoms with van der Waals surface area (Å²) >= 11 is 1.30. The van der Waals surface area contributed by atoms with Crippen LogP contribution < -0.4 is 4.74 Å². The summed E-state index contributed by atoms with van der Waals surface area (Å²) in [6, 6.07) is 0.600. The summed E-state index contributed by atoms with van der Waals surface area (Å²) < 4.78 is 51.6. The third kappa shape index (κ3) is 3.64. The normalized spacial score (nSPS) is 11.4. The molecule has 0 aromatic carbocycles. The summed E-state index contributed by atoms with van der Waals surface area (Å²) in [7, 11) is 0. The van der Waals surface area contributed by atoms with E-state index in [1.54, 1.807) is 0 Å². The first-order valence-electron chi connectivity index (χ1n) is 3.90. The van der Waals surface area contributed by atoms with E-state index in [1.807, 2.05) is 0 Å². The first-order valence-corrected chi connectivity index (χ1v) is 4.98. The van der Waals surface area contributed by atoms with Gasteiger partial charge in [-0.2, -0.15) is 0 Å². The monoisotopic (exact) mass is 366 g/mol. The SMILES string of the molecule is O=[N+]([O-])c1cc(CF)c(OC(F)(F)F)c(I)n1. The lowest BCUT2D eigenvalue weighted by Crippen LogP contribution is -2.19. The number of alkyl halides is 4. The molecule has 10 heteroatoms. The summed E-state index contributed by atoms with van der Waals surface area (Å²) in [5, 5.41) is 10.4. The van der Waals surface area contributed by atoms with E-state index in [2.05, 4.69) is 9.72 Å². The number of ether oxygens (including phenoxy) is 1. The predicted molar refractivity (Wildman–Crippen MR) is 55.1 cm³/mol. The largest absolute Gasteiger partial charge is 0.573 e. The fourth-order valence-corrected chi connectivity index (χ4v) is 1.66. The van der Waals surface area contributed by atoms with Crippen LogP contribution in [0.15, 0.2) is 6.07 Å². The maximum Gasteiger partial charge on any atom is 0.573 e.